The Morgan fingerprint density at radius 3 is 2.76 bits per heavy atom. The van der Waals surface area contributed by atoms with Gasteiger partial charge >= 0.3 is 0 Å². The molecule has 5 heteroatoms. The largest absolute Gasteiger partial charge is 0.490 e. The smallest absolute Gasteiger partial charge is 0.188 e. The Hall–Kier alpha value is -2.27. The number of hydrogen-bond donors (Lipinski definition) is 1. The van der Waals surface area contributed by atoms with Crippen LogP contribution >= 0.6 is 12.2 Å². The van der Waals surface area contributed by atoms with Crippen molar-refractivity contribution in [2.45, 2.75) is 39.0 Å². The molecule has 2 atom stereocenters. The predicted molar refractivity (Wildman–Crippen MR) is 103 cm³/mol. The maximum Gasteiger partial charge on any atom is 0.188 e. The number of thiocarbonyl (C=S) groups is 1. The molecular weight excluding hydrogens is 332 g/mol. The lowest BCUT2D eigenvalue weighted by molar-refractivity contribution is 0.0457. The van der Waals surface area contributed by atoms with Gasteiger partial charge in [0, 0.05) is 17.7 Å². The number of nitrogens with zero attached hydrogens (tertiary/aromatic N) is 1. The first-order chi connectivity index (χ1) is 12.0. The van der Waals surface area contributed by atoms with Gasteiger partial charge in [0.05, 0.1) is 12.6 Å². The highest BCUT2D eigenvalue weighted by molar-refractivity contribution is 7.80. The molecule has 2 aliphatic heterocycles. The summed E-state index contributed by atoms with van der Waals surface area (Å²) in [6.45, 7) is 6.76. The van der Waals surface area contributed by atoms with Crippen LogP contribution in [0.25, 0.3) is 0 Å². The number of hydrogen-bond acceptors (Lipinski definition) is 3. The number of fused-ring (bicyclic) bond motifs is 4. The topological polar surface area (TPSA) is 33.7 Å². The lowest BCUT2D eigenvalue weighted by Crippen LogP contribution is -2.65. The Bertz CT molecular complexity index is 821. The third kappa shape index (κ3) is 2.63. The Labute approximate surface area is 153 Å². The highest BCUT2D eigenvalue weighted by Crippen LogP contribution is 2.49. The van der Waals surface area contributed by atoms with Crippen molar-refractivity contribution in [3.8, 4) is 11.5 Å². The Balaban J connectivity index is 1.79. The molecule has 2 unspecified atom stereocenters. The van der Waals surface area contributed by atoms with Crippen LogP contribution in [-0.2, 0) is 0 Å². The number of anilines is 1. The summed E-state index contributed by atoms with van der Waals surface area (Å²) in [4.78, 5) is 2.07. The average molecular weight is 354 g/mol. The van der Waals surface area contributed by atoms with Crippen LogP contribution in [-0.4, -0.2) is 17.4 Å². The fourth-order valence-corrected chi connectivity index (χ4v) is 4.15. The summed E-state index contributed by atoms with van der Waals surface area (Å²) in [6, 6.07) is 14.5. The van der Waals surface area contributed by atoms with E-state index in [9.17, 15) is 0 Å². The van der Waals surface area contributed by atoms with Crippen LogP contribution in [0.4, 0.5) is 5.69 Å². The molecule has 0 amide bonds. The highest BCUT2D eigenvalue weighted by Gasteiger charge is 2.49. The van der Waals surface area contributed by atoms with Gasteiger partial charge in [-0.2, -0.15) is 0 Å². The summed E-state index contributed by atoms with van der Waals surface area (Å²) in [5, 5.41) is 4.17. The summed E-state index contributed by atoms with van der Waals surface area (Å²) in [7, 11) is 0. The van der Waals surface area contributed by atoms with Gasteiger partial charge in [0.2, 0.25) is 0 Å². The van der Waals surface area contributed by atoms with E-state index in [-0.39, 0.29) is 6.04 Å². The van der Waals surface area contributed by atoms with Gasteiger partial charge in [0.25, 0.3) is 0 Å². The molecule has 130 valence electrons. The summed E-state index contributed by atoms with van der Waals surface area (Å²) in [5.41, 5.74) is 2.80. The van der Waals surface area contributed by atoms with E-state index in [1.807, 2.05) is 19.1 Å². The van der Waals surface area contributed by atoms with Crippen molar-refractivity contribution in [3.05, 3.63) is 53.6 Å². The van der Waals surface area contributed by atoms with Gasteiger partial charge in [-0.1, -0.05) is 29.8 Å². The lowest BCUT2D eigenvalue weighted by atomic mass is 9.90. The van der Waals surface area contributed by atoms with Gasteiger partial charge in [-0.15, -0.1) is 0 Å². The molecule has 1 saturated heterocycles. The first-order valence-corrected chi connectivity index (χ1v) is 9.05. The minimum atomic E-state index is -0.553. The number of para-hydroxylation sites is 1. The fourth-order valence-electron chi connectivity index (χ4n) is 3.71. The molecule has 4 nitrogen and oxygen atoms in total. The van der Waals surface area contributed by atoms with Gasteiger partial charge in [-0.05, 0) is 51.2 Å². The van der Waals surface area contributed by atoms with Gasteiger partial charge < -0.3 is 14.8 Å². The predicted octanol–water partition coefficient (Wildman–Crippen LogP) is 4.33. The zero-order chi connectivity index (χ0) is 17.6. The molecule has 0 aliphatic carbocycles. The minimum Gasteiger partial charge on any atom is -0.490 e. The van der Waals surface area contributed by atoms with Crippen molar-refractivity contribution in [1.29, 1.82) is 0 Å². The second-order valence-corrected chi connectivity index (χ2v) is 7.15. The molecule has 2 aromatic rings. The van der Waals surface area contributed by atoms with E-state index in [4.69, 9.17) is 21.7 Å². The number of ether oxygens (including phenoxy) is 2. The number of aryl methyl sites for hydroxylation is 1. The van der Waals surface area contributed by atoms with Crippen LogP contribution in [0.15, 0.2) is 42.5 Å². The van der Waals surface area contributed by atoms with E-state index < -0.39 is 5.72 Å². The maximum absolute atomic E-state index is 6.52. The summed E-state index contributed by atoms with van der Waals surface area (Å²) in [6.07, 6.45) is 0.809. The van der Waals surface area contributed by atoms with Crippen LogP contribution in [0.2, 0.25) is 0 Å². The Morgan fingerprint density at radius 2 is 2.04 bits per heavy atom. The van der Waals surface area contributed by atoms with Gasteiger partial charge in [-0.3, -0.25) is 4.90 Å². The van der Waals surface area contributed by atoms with Gasteiger partial charge in [0.15, 0.2) is 22.3 Å². The molecule has 0 radical (unpaired) electrons. The summed E-state index contributed by atoms with van der Waals surface area (Å²) >= 11 is 5.68. The summed E-state index contributed by atoms with van der Waals surface area (Å²) < 4.78 is 12.3. The Morgan fingerprint density at radius 1 is 1.28 bits per heavy atom. The van der Waals surface area contributed by atoms with Crippen LogP contribution in [0.1, 0.15) is 37.4 Å². The number of rotatable bonds is 3. The van der Waals surface area contributed by atoms with E-state index >= 15 is 0 Å². The second-order valence-electron chi connectivity index (χ2n) is 6.76. The molecule has 2 aliphatic rings. The molecule has 1 fully saturated rings. The average Bonchev–Trinajstić information content (AvgIpc) is 2.57. The molecule has 0 spiro atoms. The van der Waals surface area contributed by atoms with E-state index in [0.717, 1.165) is 29.2 Å². The zero-order valence-corrected chi connectivity index (χ0v) is 15.5. The quantitative estimate of drug-likeness (QED) is 0.830. The molecular formula is C20H22N2O2S. The van der Waals surface area contributed by atoms with Gasteiger partial charge in [-0.25, -0.2) is 0 Å². The molecule has 0 saturated carbocycles. The van der Waals surface area contributed by atoms with Crippen LogP contribution in [0.5, 0.6) is 11.5 Å². The SMILES string of the molecule is CCOc1cccc2c1OC1(C)CC2NC(=S)N1c1ccc(C)cc1. The van der Waals surface area contributed by atoms with Crippen molar-refractivity contribution >= 4 is 23.0 Å². The number of benzene rings is 2. The van der Waals surface area contributed by atoms with E-state index in [1.165, 1.54) is 5.56 Å². The first kappa shape index (κ1) is 16.2. The van der Waals surface area contributed by atoms with Crippen LogP contribution < -0.4 is 19.7 Å². The van der Waals surface area contributed by atoms with Gasteiger partial charge in [0.1, 0.15) is 0 Å². The summed E-state index contributed by atoms with van der Waals surface area (Å²) in [5.74, 6) is 1.60. The highest BCUT2D eigenvalue weighted by atomic mass is 32.1. The van der Waals surface area contributed by atoms with Crippen LogP contribution in [0, 0.1) is 6.92 Å². The van der Waals surface area contributed by atoms with Crippen molar-refractivity contribution in [1.82, 2.24) is 5.32 Å². The van der Waals surface area contributed by atoms with Crippen molar-refractivity contribution in [2.24, 2.45) is 0 Å². The molecule has 1 N–H and O–H groups in total. The molecule has 4 rings (SSSR count). The van der Waals surface area contributed by atoms with Crippen LogP contribution in [0.3, 0.4) is 0 Å². The van der Waals surface area contributed by atoms with Crippen molar-refractivity contribution in [3.63, 3.8) is 0 Å². The molecule has 2 bridgehead atoms. The zero-order valence-electron chi connectivity index (χ0n) is 14.7. The third-order valence-electron chi connectivity index (χ3n) is 4.86. The molecule has 0 aromatic heterocycles. The van der Waals surface area contributed by atoms with Crippen molar-refractivity contribution < 1.29 is 9.47 Å². The molecule has 25 heavy (non-hydrogen) atoms. The first-order valence-electron chi connectivity index (χ1n) is 8.64. The van der Waals surface area contributed by atoms with E-state index in [0.29, 0.717) is 11.7 Å². The second kappa shape index (κ2) is 5.92. The third-order valence-corrected chi connectivity index (χ3v) is 5.16. The molecule has 2 aromatic carbocycles. The molecule has 2 heterocycles. The fraction of sp³-hybridized carbons (Fsp3) is 0.350. The van der Waals surface area contributed by atoms with E-state index in [2.05, 4.69) is 54.4 Å². The maximum atomic E-state index is 6.52. The normalized spacial score (nSPS) is 24.2. The van der Waals surface area contributed by atoms with E-state index in [1.54, 1.807) is 0 Å². The van der Waals surface area contributed by atoms with Crippen molar-refractivity contribution in [2.75, 3.05) is 11.5 Å². The standard InChI is InChI=1S/C20H22N2O2S/c1-4-23-17-7-5-6-15-16-12-20(3,24-18(15)17)22(19(25)21-16)14-10-8-13(2)9-11-14/h5-11,16H,4,12H2,1-3H3,(H,21,25). The monoisotopic (exact) mass is 354 g/mol. The Kier molecular flexibility index (Phi) is 3.84. The lowest BCUT2D eigenvalue weighted by Gasteiger charge is -2.52. The minimum absolute atomic E-state index is 0.128. The number of nitrogens with one attached hydrogen (secondary N) is 1.